The molecule has 1 aliphatic heterocycles. The molecule has 108 valence electrons. The molecule has 3 rings (SSSR count). The molecule has 0 fully saturated rings. The highest BCUT2D eigenvalue weighted by atomic mass is 32.1. The highest BCUT2D eigenvalue weighted by Crippen LogP contribution is 2.38. The Kier molecular flexibility index (Phi) is 3.70. The van der Waals surface area contributed by atoms with Crippen molar-refractivity contribution in [2.24, 2.45) is 0 Å². The van der Waals surface area contributed by atoms with E-state index in [4.69, 9.17) is 0 Å². The van der Waals surface area contributed by atoms with Crippen molar-refractivity contribution in [3.63, 3.8) is 0 Å². The van der Waals surface area contributed by atoms with E-state index >= 15 is 0 Å². The molecule has 5 nitrogen and oxygen atoms in total. The number of para-hydroxylation sites is 1. The third kappa shape index (κ3) is 2.80. The van der Waals surface area contributed by atoms with Crippen LogP contribution < -0.4 is 10.2 Å². The lowest BCUT2D eigenvalue weighted by Crippen LogP contribution is -2.28. The summed E-state index contributed by atoms with van der Waals surface area (Å²) < 4.78 is 0. The van der Waals surface area contributed by atoms with Crippen molar-refractivity contribution in [1.82, 2.24) is 4.98 Å². The first-order valence-corrected chi connectivity index (χ1v) is 7.59. The van der Waals surface area contributed by atoms with E-state index in [1.165, 1.54) is 11.3 Å². The molecule has 1 aromatic carbocycles. The fraction of sp³-hybridized carbons (Fsp3) is 0.267. The van der Waals surface area contributed by atoms with Gasteiger partial charge >= 0.3 is 0 Å². The molecule has 0 saturated heterocycles. The van der Waals surface area contributed by atoms with Crippen LogP contribution >= 0.6 is 11.3 Å². The number of amides is 2. The van der Waals surface area contributed by atoms with Gasteiger partial charge in [-0.15, -0.1) is 11.3 Å². The van der Waals surface area contributed by atoms with E-state index in [9.17, 15) is 9.59 Å². The third-order valence-electron chi connectivity index (χ3n) is 3.56. The number of fused-ring (bicyclic) bond motifs is 1. The second-order valence-corrected chi connectivity index (χ2v) is 5.87. The van der Waals surface area contributed by atoms with Crippen LogP contribution in [0.25, 0.3) is 0 Å². The predicted molar refractivity (Wildman–Crippen MR) is 82.6 cm³/mol. The summed E-state index contributed by atoms with van der Waals surface area (Å²) in [5.41, 5.74) is 1.97. The SMILES string of the molecule is CC(=O)N1CC(CC(=O)Nc2nccs2)c2ccccc21. The number of aromatic nitrogens is 1. The second kappa shape index (κ2) is 5.65. The number of carbonyl (C=O) groups is 2. The number of hydrogen-bond acceptors (Lipinski definition) is 4. The van der Waals surface area contributed by atoms with Gasteiger partial charge in [0.2, 0.25) is 11.8 Å². The number of thiazole rings is 1. The van der Waals surface area contributed by atoms with Gasteiger partial charge in [-0.2, -0.15) is 0 Å². The van der Waals surface area contributed by atoms with Crippen molar-refractivity contribution in [2.75, 3.05) is 16.8 Å². The molecule has 0 spiro atoms. The largest absolute Gasteiger partial charge is 0.312 e. The Hall–Kier alpha value is -2.21. The van der Waals surface area contributed by atoms with Crippen molar-refractivity contribution < 1.29 is 9.59 Å². The van der Waals surface area contributed by atoms with Crippen molar-refractivity contribution in [1.29, 1.82) is 0 Å². The van der Waals surface area contributed by atoms with E-state index in [1.807, 2.05) is 29.6 Å². The van der Waals surface area contributed by atoms with Gasteiger partial charge in [0.25, 0.3) is 0 Å². The quantitative estimate of drug-likeness (QED) is 0.948. The highest BCUT2D eigenvalue weighted by molar-refractivity contribution is 7.13. The number of anilines is 2. The summed E-state index contributed by atoms with van der Waals surface area (Å²) in [6.07, 6.45) is 2.00. The molecule has 1 aromatic heterocycles. The number of nitrogens with one attached hydrogen (secondary N) is 1. The Bertz CT molecular complexity index is 669. The zero-order chi connectivity index (χ0) is 14.8. The lowest BCUT2D eigenvalue weighted by atomic mass is 9.98. The second-order valence-electron chi connectivity index (χ2n) is 4.97. The summed E-state index contributed by atoms with van der Waals surface area (Å²) in [5, 5.41) is 5.21. The molecule has 2 heterocycles. The average molecular weight is 301 g/mol. The normalized spacial score (nSPS) is 16.6. The van der Waals surface area contributed by atoms with Gasteiger partial charge in [0.05, 0.1) is 0 Å². The van der Waals surface area contributed by atoms with Gasteiger partial charge in [-0.05, 0) is 11.6 Å². The molecule has 0 bridgehead atoms. The lowest BCUT2D eigenvalue weighted by Gasteiger charge is -2.15. The number of benzene rings is 1. The van der Waals surface area contributed by atoms with E-state index < -0.39 is 0 Å². The Morgan fingerprint density at radius 3 is 2.95 bits per heavy atom. The monoisotopic (exact) mass is 301 g/mol. The third-order valence-corrected chi connectivity index (χ3v) is 4.25. The lowest BCUT2D eigenvalue weighted by molar-refractivity contribution is -0.118. The van der Waals surface area contributed by atoms with Crippen LogP contribution in [0.1, 0.15) is 24.8 Å². The van der Waals surface area contributed by atoms with Crippen LogP contribution in [0.15, 0.2) is 35.8 Å². The molecule has 1 unspecified atom stereocenters. The number of nitrogens with zero attached hydrogens (tertiary/aromatic N) is 2. The smallest absolute Gasteiger partial charge is 0.226 e. The van der Waals surface area contributed by atoms with Gasteiger partial charge in [0.15, 0.2) is 5.13 Å². The summed E-state index contributed by atoms with van der Waals surface area (Å²) >= 11 is 1.39. The maximum absolute atomic E-state index is 12.1. The van der Waals surface area contributed by atoms with Crippen LogP contribution in [-0.4, -0.2) is 23.3 Å². The van der Waals surface area contributed by atoms with Gasteiger partial charge < -0.3 is 10.2 Å². The average Bonchev–Trinajstić information content (AvgIpc) is 3.07. The molecule has 0 saturated carbocycles. The maximum atomic E-state index is 12.1. The molecule has 1 atom stereocenters. The van der Waals surface area contributed by atoms with Crippen LogP contribution in [0.3, 0.4) is 0 Å². The molecule has 0 radical (unpaired) electrons. The Labute approximate surface area is 126 Å². The van der Waals surface area contributed by atoms with Gasteiger partial charge in [-0.1, -0.05) is 18.2 Å². The van der Waals surface area contributed by atoms with Crippen LogP contribution in [0.5, 0.6) is 0 Å². The van der Waals surface area contributed by atoms with Gasteiger partial charge in [0, 0.05) is 43.1 Å². The molecule has 2 aromatic rings. The van der Waals surface area contributed by atoms with Gasteiger partial charge in [0.1, 0.15) is 0 Å². The summed E-state index contributed by atoms with van der Waals surface area (Å²) in [7, 11) is 0. The molecule has 2 amide bonds. The van der Waals surface area contributed by atoms with Crippen molar-refractivity contribution in [3.8, 4) is 0 Å². The van der Waals surface area contributed by atoms with Gasteiger partial charge in [-0.25, -0.2) is 4.98 Å². The maximum Gasteiger partial charge on any atom is 0.226 e. The minimum atomic E-state index is -0.0739. The molecule has 1 N–H and O–H groups in total. The zero-order valence-corrected chi connectivity index (χ0v) is 12.4. The first kappa shape index (κ1) is 13.8. The summed E-state index contributed by atoms with van der Waals surface area (Å²) in [6.45, 7) is 2.11. The van der Waals surface area contributed by atoms with Gasteiger partial charge in [-0.3, -0.25) is 9.59 Å². The van der Waals surface area contributed by atoms with E-state index in [0.29, 0.717) is 18.1 Å². The van der Waals surface area contributed by atoms with Crippen LogP contribution in [0.4, 0.5) is 10.8 Å². The number of carbonyl (C=O) groups excluding carboxylic acids is 2. The van der Waals surface area contributed by atoms with E-state index in [-0.39, 0.29) is 17.7 Å². The standard InChI is InChI=1S/C15H15N3O2S/c1-10(19)18-9-11(12-4-2-3-5-13(12)18)8-14(20)17-15-16-6-7-21-15/h2-7,11H,8-9H2,1H3,(H,16,17,20). The molecule has 1 aliphatic rings. The zero-order valence-electron chi connectivity index (χ0n) is 11.6. The number of hydrogen-bond donors (Lipinski definition) is 1. The first-order valence-electron chi connectivity index (χ1n) is 6.71. The minimum Gasteiger partial charge on any atom is -0.312 e. The van der Waals surface area contributed by atoms with E-state index in [0.717, 1.165) is 11.3 Å². The molecular weight excluding hydrogens is 286 g/mol. The molecular formula is C15H15N3O2S. The van der Waals surface area contributed by atoms with Crippen LogP contribution in [-0.2, 0) is 9.59 Å². The topological polar surface area (TPSA) is 62.3 Å². The minimum absolute atomic E-state index is 0.00489. The molecule has 21 heavy (non-hydrogen) atoms. The Morgan fingerprint density at radius 1 is 1.43 bits per heavy atom. The van der Waals surface area contributed by atoms with E-state index in [2.05, 4.69) is 10.3 Å². The number of rotatable bonds is 3. The Balaban J connectivity index is 1.75. The predicted octanol–water partition coefficient (Wildman–Crippen LogP) is 2.62. The van der Waals surface area contributed by atoms with Crippen molar-refractivity contribution in [2.45, 2.75) is 19.3 Å². The molecule has 6 heteroatoms. The Morgan fingerprint density at radius 2 is 2.24 bits per heavy atom. The fourth-order valence-electron chi connectivity index (χ4n) is 2.65. The summed E-state index contributed by atoms with van der Waals surface area (Å²) in [6, 6.07) is 7.76. The van der Waals surface area contributed by atoms with Crippen LogP contribution in [0.2, 0.25) is 0 Å². The van der Waals surface area contributed by atoms with Crippen LogP contribution in [0, 0.1) is 0 Å². The summed E-state index contributed by atoms with van der Waals surface area (Å²) in [5.74, 6) is -0.0366. The highest BCUT2D eigenvalue weighted by Gasteiger charge is 2.31. The summed E-state index contributed by atoms with van der Waals surface area (Å²) in [4.78, 5) is 29.6. The van der Waals surface area contributed by atoms with Crippen molar-refractivity contribution >= 4 is 34.0 Å². The first-order chi connectivity index (χ1) is 10.1. The van der Waals surface area contributed by atoms with Crippen molar-refractivity contribution in [3.05, 3.63) is 41.4 Å². The fourth-order valence-corrected chi connectivity index (χ4v) is 3.19. The molecule has 0 aliphatic carbocycles. The van der Waals surface area contributed by atoms with E-state index in [1.54, 1.807) is 18.0 Å².